The molecule has 46 heavy (non-hydrogen) atoms. The third-order valence-electron chi connectivity index (χ3n) is 8.65. The standard InChI is InChI=1S/C36H48N2O8/c1-23-14-13-17-27-20-28(39)21-30(34(27)42)38-32(40)22-29(45-4)18-11-6-5-7-12-19-31(24(2)33(23)41)46-36(44)25(3)37-35(43)26-15-9-8-10-16-26/h5-7,11-12,14,18,20-21,24-26,29,31,33,41H,8-10,13,15-17,19,22H2,1-4H3,(H,37,43)(H,38,40)/b6-5+,12-7+,18-11-,23-14+/t24-,25+,29?,31?,33-/m1/s1. The molecule has 0 radical (unpaired) electrons. The molecule has 1 heterocycles. The lowest BCUT2D eigenvalue weighted by Crippen LogP contribution is -2.45. The van der Waals surface area contributed by atoms with Gasteiger partial charge in [-0.25, -0.2) is 4.79 Å². The van der Waals surface area contributed by atoms with E-state index in [0.29, 0.717) is 18.4 Å². The first-order valence-corrected chi connectivity index (χ1v) is 16.2. The third kappa shape index (κ3) is 11.2. The van der Waals surface area contributed by atoms with E-state index in [1.165, 1.54) is 13.2 Å². The molecule has 10 heteroatoms. The first kappa shape index (κ1) is 36.6. The molecule has 1 fully saturated rings. The van der Waals surface area contributed by atoms with Gasteiger partial charge in [0.25, 0.3) is 0 Å². The van der Waals surface area contributed by atoms with Gasteiger partial charge in [0.2, 0.25) is 17.6 Å². The molecule has 3 N–H and O–H groups in total. The fraction of sp³-hybridized carbons (Fsp3) is 0.528. The van der Waals surface area contributed by atoms with Gasteiger partial charge in [-0.15, -0.1) is 0 Å². The van der Waals surface area contributed by atoms with Crippen LogP contribution in [0, 0.1) is 11.8 Å². The number of aliphatic hydroxyl groups is 1. The van der Waals surface area contributed by atoms with Crippen LogP contribution in [0.5, 0.6) is 0 Å². The van der Waals surface area contributed by atoms with Crippen molar-refractivity contribution in [3.63, 3.8) is 0 Å². The number of carbonyl (C=O) groups excluding carboxylic acids is 5. The molecule has 0 aromatic heterocycles. The lowest BCUT2D eigenvalue weighted by Gasteiger charge is -2.29. The van der Waals surface area contributed by atoms with Gasteiger partial charge in [-0.1, -0.05) is 68.7 Å². The maximum Gasteiger partial charge on any atom is 0.328 e. The highest BCUT2D eigenvalue weighted by Crippen LogP contribution is 2.25. The van der Waals surface area contributed by atoms with Crippen LogP contribution in [0.1, 0.15) is 78.6 Å². The molecule has 1 saturated carbocycles. The zero-order chi connectivity index (χ0) is 33.6. The van der Waals surface area contributed by atoms with E-state index in [1.807, 2.05) is 6.08 Å². The number of ether oxygens (including phenoxy) is 2. The van der Waals surface area contributed by atoms with Crippen molar-refractivity contribution in [1.82, 2.24) is 10.6 Å². The molecule has 3 rings (SSSR count). The van der Waals surface area contributed by atoms with Crippen molar-refractivity contribution >= 4 is 29.4 Å². The molecule has 0 aromatic rings. The number of carbonyl (C=O) groups is 5. The van der Waals surface area contributed by atoms with E-state index in [4.69, 9.17) is 9.47 Å². The van der Waals surface area contributed by atoms with Gasteiger partial charge in [0.05, 0.1) is 24.3 Å². The fourth-order valence-corrected chi connectivity index (χ4v) is 5.73. The molecule has 0 saturated heterocycles. The Bertz CT molecular complexity index is 1310. The predicted molar refractivity (Wildman–Crippen MR) is 174 cm³/mol. The molecular weight excluding hydrogens is 588 g/mol. The summed E-state index contributed by atoms with van der Waals surface area (Å²) in [6.45, 7) is 5.16. The van der Waals surface area contributed by atoms with E-state index in [-0.39, 0.29) is 35.9 Å². The minimum atomic E-state index is -0.968. The van der Waals surface area contributed by atoms with Gasteiger partial charge in [0.15, 0.2) is 5.78 Å². The molecular formula is C36H48N2O8. The Morgan fingerprint density at radius 1 is 1.04 bits per heavy atom. The number of fused-ring (bicyclic) bond motifs is 2. The van der Waals surface area contributed by atoms with Crippen molar-refractivity contribution < 1.29 is 38.6 Å². The average molecular weight is 637 g/mol. The Kier molecular flexibility index (Phi) is 14.6. The number of amides is 2. The Morgan fingerprint density at radius 2 is 1.76 bits per heavy atom. The van der Waals surface area contributed by atoms with E-state index in [9.17, 15) is 29.1 Å². The Hall–Kier alpha value is -3.89. The molecule has 5 atom stereocenters. The number of Topliss-reactive ketones (excluding diaryl/α,β-unsaturated/α-hetero) is 1. The Labute approximate surface area is 271 Å². The van der Waals surface area contributed by atoms with Crippen LogP contribution in [-0.2, 0) is 33.4 Å². The van der Waals surface area contributed by atoms with E-state index >= 15 is 0 Å². The van der Waals surface area contributed by atoms with Gasteiger partial charge in [-0.05, 0) is 51.2 Å². The minimum absolute atomic E-state index is 0.0567. The number of allylic oxidation sites excluding steroid dienone is 8. The summed E-state index contributed by atoms with van der Waals surface area (Å²) in [4.78, 5) is 63.8. The molecule has 0 spiro atoms. The Morgan fingerprint density at radius 3 is 2.48 bits per heavy atom. The number of methoxy groups -OCH3 is 1. The summed E-state index contributed by atoms with van der Waals surface area (Å²) in [5.74, 6) is -2.59. The summed E-state index contributed by atoms with van der Waals surface area (Å²) in [6, 6.07) is -0.840. The van der Waals surface area contributed by atoms with Crippen molar-refractivity contribution in [2.24, 2.45) is 11.8 Å². The molecule has 250 valence electrons. The summed E-state index contributed by atoms with van der Waals surface area (Å²) in [5, 5.41) is 16.6. The number of ketones is 2. The number of hydrogen-bond donors (Lipinski definition) is 3. The van der Waals surface area contributed by atoms with Crippen LogP contribution in [-0.4, -0.2) is 65.9 Å². The fourth-order valence-electron chi connectivity index (χ4n) is 5.73. The zero-order valence-electron chi connectivity index (χ0n) is 27.3. The van der Waals surface area contributed by atoms with Crippen LogP contribution in [0.25, 0.3) is 0 Å². The first-order chi connectivity index (χ1) is 22.0. The van der Waals surface area contributed by atoms with Crippen LogP contribution in [0.4, 0.5) is 0 Å². The number of aliphatic hydroxyl groups excluding tert-OH is 1. The largest absolute Gasteiger partial charge is 0.460 e. The topological polar surface area (TPSA) is 148 Å². The van der Waals surface area contributed by atoms with Crippen molar-refractivity contribution in [3.05, 3.63) is 71.5 Å². The van der Waals surface area contributed by atoms with Gasteiger partial charge in [0, 0.05) is 37.0 Å². The van der Waals surface area contributed by atoms with Gasteiger partial charge in [-0.3, -0.25) is 19.2 Å². The van der Waals surface area contributed by atoms with E-state index < -0.39 is 53.7 Å². The highest BCUT2D eigenvalue weighted by molar-refractivity contribution is 6.21. The minimum Gasteiger partial charge on any atom is -0.460 e. The van der Waals surface area contributed by atoms with Crippen LogP contribution in [0.2, 0.25) is 0 Å². The lowest BCUT2D eigenvalue weighted by atomic mass is 9.88. The van der Waals surface area contributed by atoms with Gasteiger partial charge >= 0.3 is 5.97 Å². The smallest absolute Gasteiger partial charge is 0.328 e. The first-order valence-electron chi connectivity index (χ1n) is 16.2. The van der Waals surface area contributed by atoms with Gasteiger partial charge in [0.1, 0.15) is 12.1 Å². The summed E-state index contributed by atoms with van der Waals surface area (Å²) >= 11 is 0. The summed E-state index contributed by atoms with van der Waals surface area (Å²) in [7, 11) is 1.47. The summed E-state index contributed by atoms with van der Waals surface area (Å²) in [5.41, 5.74) is 0.803. The number of rotatable bonds is 5. The maximum atomic E-state index is 13.1. The average Bonchev–Trinajstić information content (AvgIpc) is 3.04. The van der Waals surface area contributed by atoms with Crippen LogP contribution < -0.4 is 10.6 Å². The highest BCUT2D eigenvalue weighted by Gasteiger charge is 2.31. The summed E-state index contributed by atoms with van der Waals surface area (Å²) in [6.07, 6.45) is 18.1. The second-order valence-corrected chi connectivity index (χ2v) is 12.3. The summed E-state index contributed by atoms with van der Waals surface area (Å²) < 4.78 is 11.3. The maximum absolute atomic E-state index is 13.1. The van der Waals surface area contributed by atoms with Crippen molar-refractivity contribution in [1.29, 1.82) is 0 Å². The van der Waals surface area contributed by atoms with Crippen molar-refractivity contribution in [2.45, 2.75) is 103 Å². The second kappa shape index (κ2) is 18.3. The molecule has 0 aromatic carbocycles. The van der Waals surface area contributed by atoms with Crippen LogP contribution in [0.3, 0.4) is 0 Å². The lowest BCUT2D eigenvalue weighted by molar-refractivity contribution is -0.156. The highest BCUT2D eigenvalue weighted by atomic mass is 16.5. The number of nitrogens with one attached hydrogen (secondary N) is 2. The number of esters is 1. The zero-order valence-corrected chi connectivity index (χ0v) is 27.3. The third-order valence-corrected chi connectivity index (χ3v) is 8.65. The molecule has 3 aliphatic rings. The van der Waals surface area contributed by atoms with Crippen LogP contribution in [0.15, 0.2) is 71.5 Å². The molecule has 1 aliphatic heterocycles. The van der Waals surface area contributed by atoms with Crippen molar-refractivity contribution in [3.8, 4) is 0 Å². The molecule has 2 bridgehead atoms. The quantitative estimate of drug-likeness (QED) is 0.230. The van der Waals surface area contributed by atoms with E-state index in [0.717, 1.165) is 38.2 Å². The SMILES string of the molecule is COC1\C=C/C=C/C=C/CC(OC(=O)[C@H](C)NC(=O)C2CCCCC2)[C@@H](C)[C@H](O)/C(C)=C/CCC2=CC(=O)C=C(NC(=O)C1)C2=O. The predicted octanol–water partition coefficient (Wildman–Crippen LogP) is 4.26. The molecule has 10 nitrogen and oxygen atoms in total. The molecule has 2 amide bonds. The number of hydrogen-bond acceptors (Lipinski definition) is 8. The monoisotopic (exact) mass is 636 g/mol. The normalized spacial score (nSPS) is 29.8. The van der Waals surface area contributed by atoms with Gasteiger partial charge in [-0.2, -0.15) is 0 Å². The van der Waals surface area contributed by atoms with E-state index in [1.54, 1.807) is 57.2 Å². The Balaban J connectivity index is 1.79. The van der Waals surface area contributed by atoms with E-state index in [2.05, 4.69) is 10.6 Å². The van der Waals surface area contributed by atoms with Crippen LogP contribution >= 0.6 is 0 Å². The second-order valence-electron chi connectivity index (χ2n) is 12.3. The van der Waals surface area contributed by atoms with Gasteiger partial charge < -0.3 is 25.2 Å². The molecule has 2 unspecified atom stereocenters. The molecule has 2 aliphatic carbocycles. The van der Waals surface area contributed by atoms with Crippen molar-refractivity contribution in [2.75, 3.05) is 7.11 Å².